The summed E-state index contributed by atoms with van der Waals surface area (Å²) in [5.41, 5.74) is 0. The fourth-order valence-electron chi connectivity index (χ4n) is 1.57. The van der Waals surface area contributed by atoms with Gasteiger partial charge in [0.1, 0.15) is 0 Å². The number of rotatable bonds is 3. The van der Waals surface area contributed by atoms with Crippen molar-refractivity contribution in [3.05, 3.63) is 0 Å². The molecule has 0 unspecified atom stereocenters. The predicted octanol–water partition coefficient (Wildman–Crippen LogP) is 0.355. The molecule has 0 aromatic heterocycles. The van der Waals surface area contributed by atoms with Crippen LogP contribution in [0.1, 0.15) is 6.42 Å². The summed E-state index contributed by atoms with van der Waals surface area (Å²) >= 11 is 0. The molecule has 0 atom stereocenters. The summed E-state index contributed by atoms with van der Waals surface area (Å²) in [5.74, 6) is 0. The molecule has 0 aliphatic carbocycles. The molecule has 2 nitrogen and oxygen atoms in total. The zero-order valence-corrected chi connectivity index (χ0v) is 9.34. The van der Waals surface area contributed by atoms with Crippen LogP contribution in [0, 0.1) is 0 Å². The molecule has 1 heterocycles. The number of nitrogens with zero attached hydrogens (tertiary/aromatic N) is 2. The third-order valence-electron chi connectivity index (χ3n) is 2.69. The van der Waals surface area contributed by atoms with Crippen LogP contribution in [0.2, 0.25) is 6.04 Å². The molecule has 0 bridgehead atoms. The van der Waals surface area contributed by atoms with Crippen molar-refractivity contribution in [1.82, 2.24) is 4.90 Å². The smallest absolute Gasteiger partial charge is 0.0912 e. The highest BCUT2D eigenvalue weighted by Gasteiger charge is 2.23. The van der Waals surface area contributed by atoms with E-state index in [1.54, 1.807) is 0 Å². The summed E-state index contributed by atoms with van der Waals surface area (Å²) in [5, 5.41) is 0. The van der Waals surface area contributed by atoms with Gasteiger partial charge in [0.15, 0.2) is 0 Å². The van der Waals surface area contributed by atoms with E-state index < -0.39 is 0 Å². The van der Waals surface area contributed by atoms with Crippen LogP contribution >= 0.6 is 0 Å². The van der Waals surface area contributed by atoms with Gasteiger partial charge in [0.2, 0.25) is 0 Å². The Hall–Kier alpha value is 0.137. The fourth-order valence-corrected chi connectivity index (χ4v) is 1.73. The number of hydrogen-bond donors (Lipinski definition) is 0. The van der Waals surface area contributed by atoms with Crippen molar-refractivity contribution in [2.45, 2.75) is 12.5 Å². The third kappa shape index (κ3) is 3.25. The minimum atomic E-state index is 1.13. The molecular formula is C9H20N2Si+. The first-order chi connectivity index (χ1) is 5.64. The lowest BCUT2D eigenvalue weighted by atomic mass is 10.3. The van der Waals surface area contributed by atoms with E-state index in [1.807, 2.05) is 0 Å². The number of hydrogen-bond acceptors (Lipinski definition) is 1. The molecule has 1 aliphatic rings. The minimum absolute atomic E-state index is 1.13. The fraction of sp³-hybridized carbons (Fsp3) is 1.00. The van der Waals surface area contributed by atoms with Gasteiger partial charge in [-0.3, -0.25) is 4.90 Å². The van der Waals surface area contributed by atoms with Crippen molar-refractivity contribution >= 4 is 10.2 Å². The van der Waals surface area contributed by atoms with E-state index in [0.29, 0.717) is 0 Å². The highest BCUT2D eigenvalue weighted by atomic mass is 28.1. The van der Waals surface area contributed by atoms with Crippen LogP contribution in [-0.2, 0) is 0 Å². The zero-order chi connectivity index (χ0) is 9.03. The van der Waals surface area contributed by atoms with Crippen molar-refractivity contribution in [1.29, 1.82) is 0 Å². The molecule has 0 aromatic rings. The second-order valence-electron chi connectivity index (χ2n) is 4.33. The lowest BCUT2D eigenvalue weighted by Gasteiger charge is -2.39. The van der Waals surface area contributed by atoms with Gasteiger partial charge in [-0.05, 0) is 13.0 Å². The van der Waals surface area contributed by atoms with Gasteiger partial charge in [0, 0.05) is 23.3 Å². The maximum absolute atomic E-state index is 3.51. The van der Waals surface area contributed by atoms with Crippen LogP contribution in [0.5, 0.6) is 0 Å². The second-order valence-corrected chi connectivity index (χ2v) is 4.83. The van der Waals surface area contributed by atoms with Gasteiger partial charge in [0.05, 0.1) is 27.2 Å². The Bertz CT molecular complexity index is 126. The molecule has 69 valence electrons. The number of quaternary nitrogens is 1. The summed E-state index contributed by atoms with van der Waals surface area (Å²) in [7, 11) is 8.15. The van der Waals surface area contributed by atoms with Gasteiger partial charge >= 0.3 is 0 Å². The van der Waals surface area contributed by atoms with Crippen LogP contribution in [-0.4, -0.2) is 66.4 Å². The van der Waals surface area contributed by atoms with Crippen molar-refractivity contribution in [2.75, 3.05) is 46.8 Å². The maximum Gasteiger partial charge on any atom is 0.0912 e. The van der Waals surface area contributed by atoms with Gasteiger partial charge in [0.25, 0.3) is 0 Å². The topological polar surface area (TPSA) is 3.24 Å². The highest BCUT2D eigenvalue weighted by Crippen LogP contribution is 2.06. The quantitative estimate of drug-likeness (QED) is 0.452. The number of likely N-dealkylation sites (N-methyl/N-ethyl adjacent to an activating group) is 1. The van der Waals surface area contributed by atoms with Gasteiger partial charge < -0.3 is 4.48 Å². The average molecular weight is 184 g/mol. The van der Waals surface area contributed by atoms with E-state index in [-0.39, 0.29) is 0 Å². The van der Waals surface area contributed by atoms with E-state index in [2.05, 4.69) is 29.2 Å². The van der Waals surface area contributed by atoms with E-state index >= 15 is 0 Å². The maximum atomic E-state index is 3.51. The summed E-state index contributed by atoms with van der Waals surface area (Å²) in [6, 6.07) is 1.13. The van der Waals surface area contributed by atoms with Gasteiger partial charge in [-0.15, -0.1) is 0 Å². The van der Waals surface area contributed by atoms with Crippen LogP contribution in [0.3, 0.4) is 0 Å². The minimum Gasteiger partial charge on any atom is -0.326 e. The third-order valence-corrected chi connectivity index (χ3v) is 3.05. The summed E-state index contributed by atoms with van der Waals surface area (Å²) in [4.78, 5) is 2.57. The Morgan fingerprint density at radius 1 is 1.25 bits per heavy atom. The largest absolute Gasteiger partial charge is 0.326 e. The molecule has 0 saturated carbocycles. The standard InChI is InChI=1S/C9H20N2Si/c1-11(2)7-5-10(6-8-11)4-3-9-12/h3-9H2,1-2H3/q+1. The molecule has 1 saturated heterocycles. The van der Waals surface area contributed by atoms with E-state index in [9.17, 15) is 0 Å². The van der Waals surface area contributed by atoms with Crippen molar-refractivity contribution in [3.63, 3.8) is 0 Å². The molecule has 0 aromatic carbocycles. The first-order valence-electron chi connectivity index (χ1n) is 4.83. The Labute approximate surface area is 79.6 Å². The molecule has 0 spiro atoms. The normalized spacial score (nSPS) is 24.2. The van der Waals surface area contributed by atoms with Gasteiger partial charge in [-0.1, -0.05) is 6.04 Å². The molecule has 1 rings (SSSR count). The Balaban J connectivity index is 2.18. The molecule has 0 N–H and O–H groups in total. The summed E-state index contributed by atoms with van der Waals surface area (Å²) < 4.78 is 1.20. The van der Waals surface area contributed by atoms with Crippen LogP contribution < -0.4 is 0 Å². The first-order valence-corrected chi connectivity index (χ1v) is 5.54. The molecule has 1 fully saturated rings. The summed E-state index contributed by atoms with van der Waals surface area (Å²) in [6.07, 6.45) is 1.28. The Morgan fingerprint density at radius 2 is 1.83 bits per heavy atom. The van der Waals surface area contributed by atoms with E-state index in [0.717, 1.165) is 6.04 Å². The molecule has 3 radical (unpaired) electrons. The van der Waals surface area contributed by atoms with Crippen molar-refractivity contribution in [3.8, 4) is 0 Å². The van der Waals surface area contributed by atoms with Crippen LogP contribution in [0.4, 0.5) is 0 Å². The predicted molar refractivity (Wildman–Crippen MR) is 53.5 cm³/mol. The Kier molecular flexibility index (Phi) is 3.74. The summed E-state index contributed by atoms with van der Waals surface area (Å²) in [6.45, 7) is 6.44. The molecular weight excluding hydrogens is 164 g/mol. The van der Waals surface area contributed by atoms with Crippen molar-refractivity contribution < 1.29 is 4.48 Å². The average Bonchev–Trinajstić information content (AvgIpc) is 2.03. The molecule has 1 aliphatic heterocycles. The Morgan fingerprint density at radius 3 is 2.33 bits per heavy atom. The van der Waals surface area contributed by atoms with Crippen molar-refractivity contribution in [2.24, 2.45) is 0 Å². The van der Waals surface area contributed by atoms with E-state index in [1.165, 1.54) is 43.6 Å². The molecule has 0 amide bonds. The number of piperazine rings is 1. The SMILES string of the molecule is C[N+]1(C)CCN(CCC[Si])CC1. The van der Waals surface area contributed by atoms with Crippen LogP contribution in [0.25, 0.3) is 0 Å². The highest BCUT2D eigenvalue weighted by molar-refractivity contribution is 6.08. The lowest BCUT2D eigenvalue weighted by molar-refractivity contribution is -0.894. The first kappa shape index (κ1) is 10.2. The zero-order valence-electron chi connectivity index (χ0n) is 8.34. The van der Waals surface area contributed by atoms with E-state index in [4.69, 9.17) is 0 Å². The van der Waals surface area contributed by atoms with Gasteiger partial charge in [-0.25, -0.2) is 0 Å². The van der Waals surface area contributed by atoms with Crippen LogP contribution in [0.15, 0.2) is 0 Å². The monoisotopic (exact) mass is 184 g/mol. The lowest BCUT2D eigenvalue weighted by Crippen LogP contribution is -2.54. The molecule has 3 heteroatoms. The second kappa shape index (κ2) is 4.39. The molecule has 12 heavy (non-hydrogen) atoms. The van der Waals surface area contributed by atoms with Gasteiger partial charge in [-0.2, -0.15) is 0 Å².